The summed E-state index contributed by atoms with van der Waals surface area (Å²) >= 11 is 4.75. The second-order valence-corrected chi connectivity index (χ2v) is 7.28. The second-order valence-electron chi connectivity index (χ2n) is 5.51. The summed E-state index contributed by atoms with van der Waals surface area (Å²) in [5, 5.41) is 7.62. The number of anilines is 1. The lowest BCUT2D eigenvalue weighted by molar-refractivity contribution is -0.115. The van der Waals surface area contributed by atoms with Crippen molar-refractivity contribution in [1.29, 1.82) is 0 Å². The van der Waals surface area contributed by atoms with Crippen molar-refractivity contribution >= 4 is 44.2 Å². The minimum Gasteiger partial charge on any atom is -0.497 e. The maximum atomic E-state index is 12.1. The first kappa shape index (κ1) is 19.1. The van der Waals surface area contributed by atoms with Gasteiger partial charge in [0.1, 0.15) is 5.75 Å². The Balaban J connectivity index is 1.56. The number of nitrogens with one attached hydrogen (secondary N) is 2. The van der Waals surface area contributed by atoms with Gasteiger partial charge < -0.3 is 15.4 Å². The largest absolute Gasteiger partial charge is 0.497 e. The molecule has 1 heterocycles. The third-order valence-electron chi connectivity index (χ3n) is 3.61. The highest BCUT2D eigenvalue weighted by Crippen LogP contribution is 2.26. The molecule has 2 amide bonds. The number of methoxy groups -OCH3 is 1. The molecule has 138 valence electrons. The highest BCUT2D eigenvalue weighted by molar-refractivity contribution is 9.10. The van der Waals surface area contributed by atoms with Crippen molar-refractivity contribution in [1.82, 2.24) is 10.3 Å². The predicted octanol–water partition coefficient (Wildman–Crippen LogP) is 3.95. The van der Waals surface area contributed by atoms with Crippen molar-refractivity contribution in [2.45, 2.75) is 0 Å². The Kier molecular flexibility index (Phi) is 6.20. The van der Waals surface area contributed by atoms with E-state index >= 15 is 0 Å². The van der Waals surface area contributed by atoms with Crippen molar-refractivity contribution in [3.05, 3.63) is 63.9 Å². The molecule has 0 atom stereocenters. The smallest absolute Gasteiger partial charge is 0.251 e. The Labute approximate surface area is 168 Å². The average molecular weight is 446 g/mol. The van der Waals surface area contributed by atoms with E-state index in [1.807, 2.05) is 29.6 Å². The van der Waals surface area contributed by atoms with Crippen LogP contribution < -0.4 is 15.4 Å². The lowest BCUT2D eigenvalue weighted by Crippen LogP contribution is -2.32. The standard InChI is InChI=1S/C19H16BrN3O3S/c1-26-15-7-3-5-13(9-15)18(25)21-10-17(24)23-19-22-16(11-27-19)12-4-2-6-14(20)8-12/h2-9,11H,10H2,1H3,(H,21,25)(H,22,23,24). The second kappa shape index (κ2) is 8.79. The van der Waals surface area contributed by atoms with Gasteiger partial charge in [-0.3, -0.25) is 9.59 Å². The Hall–Kier alpha value is -2.71. The molecule has 2 aromatic carbocycles. The van der Waals surface area contributed by atoms with Crippen molar-refractivity contribution in [3.8, 4) is 17.0 Å². The summed E-state index contributed by atoms with van der Waals surface area (Å²) in [6.07, 6.45) is 0. The molecule has 0 spiro atoms. The highest BCUT2D eigenvalue weighted by Gasteiger charge is 2.11. The van der Waals surface area contributed by atoms with Gasteiger partial charge in [-0.25, -0.2) is 4.98 Å². The number of rotatable bonds is 6. The average Bonchev–Trinajstić information content (AvgIpc) is 3.14. The third-order valence-corrected chi connectivity index (χ3v) is 4.86. The van der Waals surface area contributed by atoms with Crippen LogP contribution in [0.15, 0.2) is 58.4 Å². The Morgan fingerprint density at radius 3 is 2.78 bits per heavy atom. The van der Waals surface area contributed by atoms with Crippen LogP contribution in [0.4, 0.5) is 5.13 Å². The Morgan fingerprint density at radius 1 is 1.19 bits per heavy atom. The third kappa shape index (κ3) is 5.15. The zero-order valence-corrected chi connectivity index (χ0v) is 16.8. The fourth-order valence-corrected chi connectivity index (χ4v) is 3.44. The molecule has 0 aliphatic heterocycles. The number of amides is 2. The lowest BCUT2D eigenvalue weighted by Gasteiger charge is -2.06. The molecule has 3 aromatic rings. The molecule has 27 heavy (non-hydrogen) atoms. The van der Waals surface area contributed by atoms with Gasteiger partial charge in [-0.05, 0) is 30.3 Å². The first-order chi connectivity index (χ1) is 13.0. The molecule has 3 rings (SSSR count). The number of hydrogen-bond acceptors (Lipinski definition) is 5. The maximum Gasteiger partial charge on any atom is 0.251 e. The number of nitrogens with zero attached hydrogens (tertiary/aromatic N) is 1. The molecule has 0 radical (unpaired) electrons. The van der Waals surface area contributed by atoms with Crippen LogP contribution >= 0.6 is 27.3 Å². The van der Waals surface area contributed by atoms with E-state index in [-0.39, 0.29) is 18.4 Å². The monoisotopic (exact) mass is 445 g/mol. The van der Waals surface area contributed by atoms with E-state index in [2.05, 4.69) is 31.5 Å². The molecule has 0 fully saturated rings. The molecule has 0 aliphatic rings. The fraction of sp³-hybridized carbons (Fsp3) is 0.105. The molecule has 1 aromatic heterocycles. The summed E-state index contributed by atoms with van der Waals surface area (Å²) < 4.78 is 6.04. The quantitative estimate of drug-likeness (QED) is 0.601. The number of halogens is 1. The summed E-state index contributed by atoms with van der Waals surface area (Å²) in [4.78, 5) is 28.6. The van der Waals surface area contributed by atoms with Crippen LogP contribution in [0.25, 0.3) is 11.3 Å². The first-order valence-electron chi connectivity index (χ1n) is 7.99. The Bertz CT molecular complexity index is 974. The molecule has 0 saturated heterocycles. The van der Waals surface area contributed by atoms with E-state index in [1.54, 1.807) is 24.3 Å². The van der Waals surface area contributed by atoms with Gasteiger partial charge >= 0.3 is 0 Å². The minimum atomic E-state index is -0.349. The summed E-state index contributed by atoms with van der Waals surface area (Å²) in [5.41, 5.74) is 2.15. The van der Waals surface area contributed by atoms with Gasteiger partial charge in [0.2, 0.25) is 5.91 Å². The molecule has 0 bridgehead atoms. The van der Waals surface area contributed by atoms with E-state index in [9.17, 15) is 9.59 Å². The number of carbonyl (C=O) groups excluding carboxylic acids is 2. The summed E-state index contributed by atoms with van der Waals surface area (Å²) in [5.74, 6) is -0.116. The van der Waals surface area contributed by atoms with Crippen LogP contribution in [0.3, 0.4) is 0 Å². The SMILES string of the molecule is COc1cccc(C(=O)NCC(=O)Nc2nc(-c3cccc(Br)c3)cs2)c1. The van der Waals surface area contributed by atoms with E-state index in [1.165, 1.54) is 18.4 Å². The molecule has 2 N–H and O–H groups in total. The van der Waals surface area contributed by atoms with Gasteiger partial charge in [-0.2, -0.15) is 0 Å². The number of carbonyl (C=O) groups is 2. The van der Waals surface area contributed by atoms with E-state index in [0.717, 1.165) is 15.7 Å². The van der Waals surface area contributed by atoms with Crippen molar-refractivity contribution < 1.29 is 14.3 Å². The lowest BCUT2D eigenvalue weighted by atomic mass is 10.2. The summed E-state index contributed by atoms with van der Waals surface area (Å²) in [6, 6.07) is 14.5. The predicted molar refractivity (Wildman–Crippen MR) is 109 cm³/mol. The van der Waals surface area contributed by atoms with Gasteiger partial charge in [0, 0.05) is 21.0 Å². The van der Waals surface area contributed by atoms with Crippen LogP contribution in [-0.4, -0.2) is 30.5 Å². The first-order valence-corrected chi connectivity index (χ1v) is 9.66. The molecular weight excluding hydrogens is 430 g/mol. The van der Waals surface area contributed by atoms with Gasteiger partial charge in [0.05, 0.1) is 19.3 Å². The molecule has 0 aliphatic carbocycles. The van der Waals surface area contributed by atoms with Gasteiger partial charge in [0.25, 0.3) is 5.91 Å². The topological polar surface area (TPSA) is 80.3 Å². The minimum absolute atomic E-state index is 0.151. The summed E-state index contributed by atoms with van der Waals surface area (Å²) in [7, 11) is 1.53. The van der Waals surface area contributed by atoms with E-state index in [0.29, 0.717) is 16.4 Å². The van der Waals surface area contributed by atoms with E-state index < -0.39 is 0 Å². The van der Waals surface area contributed by atoms with Crippen molar-refractivity contribution in [3.63, 3.8) is 0 Å². The van der Waals surface area contributed by atoms with Crippen LogP contribution in [0.5, 0.6) is 5.75 Å². The normalized spacial score (nSPS) is 10.3. The van der Waals surface area contributed by atoms with Crippen molar-refractivity contribution in [2.75, 3.05) is 19.0 Å². The number of aromatic nitrogens is 1. The number of ether oxygens (including phenoxy) is 1. The van der Waals surface area contributed by atoms with Crippen LogP contribution in [-0.2, 0) is 4.79 Å². The zero-order valence-electron chi connectivity index (χ0n) is 14.4. The zero-order chi connectivity index (χ0) is 19.2. The fourth-order valence-electron chi connectivity index (χ4n) is 2.30. The molecule has 8 heteroatoms. The van der Waals surface area contributed by atoms with Gasteiger partial charge in [-0.1, -0.05) is 34.1 Å². The summed E-state index contributed by atoms with van der Waals surface area (Å²) in [6.45, 7) is -0.151. The van der Waals surface area contributed by atoms with Crippen LogP contribution in [0.1, 0.15) is 10.4 Å². The van der Waals surface area contributed by atoms with Gasteiger partial charge in [-0.15, -0.1) is 11.3 Å². The van der Waals surface area contributed by atoms with Gasteiger partial charge in [0.15, 0.2) is 5.13 Å². The van der Waals surface area contributed by atoms with E-state index in [4.69, 9.17) is 4.74 Å². The Morgan fingerprint density at radius 2 is 2.00 bits per heavy atom. The maximum absolute atomic E-state index is 12.1. The molecular formula is C19H16BrN3O3S. The number of hydrogen-bond donors (Lipinski definition) is 2. The number of thiazole rings is 1. The van der Waals surface area contributed by atoms with Crippen molar-refractivity contribution in [2.24, 2.45) is 0 Å². The molecule has 6 nitrogen and oxygen atoms in total. The molecule has 0 saturated carbocycles. The number of benzene rings is 2. The molecule has 0 unspecified atom stereocenters. The van der Waals surface area contributed by atoms with Crippen LogP contribution in [0.2, 0.25) is 0 Å². The highest BCUT2D eigenvalue weighted by atomic mass is 79.9. The van der Waals surface area contributed by atoms with Crippen LogP contribution in [0, 0.1) is 0 Å².